The number of esters is 1. The molecule has 1 amide bonds. The predicted molar refractivity (Wildman–Crippen MR) is 110 cm³/mol. The smallest absolute Gasteiger partial charge is 0.326 e. The number of hydrogen-bond acceptors (Lipinski definition) is 5. The van der Waals surface area contributed by atoms with Gasteiger partial charge in [-0.1, -0.05) is 71.2 Å². The van der Waals surface area contributed by atoms with E-state index < -0.39 is 38.8 Å². The molecular weight excluding hydrogens is 439 g/mol. The molecule has 2 atom stereocenters. The number of alkyl halides is 2. The molecule has 29 heavy (non-hydrogen) atoms. The average molecular weight is 459 g/mol. The molecular formula is C19H20Cl2N2O5S. The van der Waals surface area contributed by atoms with Gasteiger partial charge in [-0.25, -0.2) is 8.42 Å². The molecule has 0 aliphatic carbocycles. The quantitative estimate of drug-likeness (QED) is 0.467. The molecule has 0 aliphatic rings. The number of sulfonamides is 1. The Morgan fingerprint density at radius 1 is 1.00 bits per heavy atom. The van der Waals surface area contributed by atoms with Crippen LogP contribution in [0.1, 0.15) is 17.2 Å². The summed E-state index contributed by atoms with van der Waals surface area (Å²) in [6.07, 6.45) is 0. The van der Waals surface area contributed by atoms with Crippen molar-refractivity contribution in [2.24, 2.45) is 0 Å². The maximum Gasteiger partial charge on any atom is 0.326 e. The van der Waals surface area contributed by atoms with E-state index in [1.807, 2.05) is 6.92 Å². The van der Waals surface area contributed by atoms with Crippen molar-refractivity contribution in [2.45, 2.75) is 28.7 Å². The van der Waals surface area contributed by atoms with Crippen LogP contribution in [0.3, 0.4) is 0 Å². The molecule has 0 bridgehead atoms. The monoisotopic (exact) mass is 458 g/mol. The number of hydrogen-bond donors (Lipinski definition) is 2. The second-order valence-electron chi connectivity index (χ2n) is 6.13. The molecule has 0 aromatic heterocycles. The van der Waals surface area contributed by atoms with Crippen LogP contribution in [0.5, 0.6) is 0 Å². The van der Waals surface area contributed by atoms with Gasteiger partial charge in [0.1, 0.15) is 6.04 Å². The zero-order valence-corrected chi connectivity index (χ0v) is 18.0. The molecule has 0 unspecified atom stereocenters. The molecule has 2 aromatic carbocycles. The van der Waals surface area contributed by atoms with Gasteiger partial charge in [0.25, 0.3) is 5.91 Å². The molecule has 156 valence electrons. The normalized spacial score (nSPS) is 13.6. The molecule has 10 heteroatoms. The highest BCUT2D eigenvalue weighted by Gasteiger charge is 2.36. The Bertz CT molecular complexity index is 950. The Hall–Kier alpha value is -2.13. The molecule has 0 saturated heterocycles. The summed E-state index contributed by atoms with van der Waals surface area (Å²) < 4.78 is 32.8. The fraction of sp³-hybridized carbons (Fsp3) is 0.263. The van der Waals surface area contributed by atoms with Crippen LogP contribution in [0.2, 0.25) is 0 Å². The van der Waals surface area contributed by atoms with Gasteiger partial charge in [0.05, 0.1) is 18.0 Å². The second kappa shape index (κ2) is 10.1. The first-order valence-corrected chi connectivity index (χ1v) is 10.8. The lowest BCUT2D eigenvalue weighted by Crippen LogP contribution is -2.51. The highest BCUT2D eigenvalue weighted by molar-refractivity contribution is 7.89. The van der Waals surface area contributed by atoms with Crippen LogP contribution in [0, 0.1) is 6.92 Å². The standard InChI is InChI=1S/C19H20Cl2N2O5S/c1-12-8-10-14(11-9-12)29(26,27)23-16(19(25)28-2)15(22-18(24)17(20)21)13-6-4-3-5-7-13/h3-11,15-17,23H,1-2H3,(H,22,24)/t15-,16+/m1/s1. The minimum absolute atomic E-state index is 0.0392. The lowest BCUT2D eigenvalue weighted by Gasteiger charge is -2.27. The number of benzene rings is 2. The van der Waals surface area contributed by atoms with Crippen LogP contribution in [0.15, 0.2) is 59.5 Å². The molecule has 2 rings (SSSR count). The van der Waals surface area contributed by atoms with Crippen molar-refractivity contribution in [1.82, 2.24) is 10.0 Å². The van der Waals surface area contributed by atoms with Gasteiger partial charge in [-0.3, -0.25) is 9.59 Å². The first-order valence-electron chi connectivity index (χ1n) is 8.46. The first-order chi connectivity index (χ1) is 13.7. The van der Waals surface area contributed by atoms with E-state index in [1.54, 1.807) is 42.5 Å². The molecule has 2 aromatic rings. The minimum Gasteiger partial charge on any atom is -0.468 e. The molecule has 0 radical (unpaired) electrons. The first kappa shape index (κ1) is 23.2. The van der Waals surface area contributed by atoms with Gasteiger partial charge in [-0.05, 0) is 24.6 Å². The van der Waals surface area contributed by atoms with Crippen LogP contribution >= 0.6 is 23.2 Å². The van der Waals surface area contributed by atoms with Crippen molar-refractivity contribution in [3.63, 3.8) is 0 Å². The maximum absolute atomic E-state index is 12.8. The number of ether oxygens (including phenoxy) is 1. The van der Waals surface area contributed by atoms with E-state index in [1.165, 1.54) is 12.1 Å². The van der Waals surface area contributed by atoms with E-state index in [9.17, 15) is 18.0 Å². The van der Waals surface area contributed by atoms with Crippen LogP contribution in [0.4, 0.5) is 0 Å². The summed E-state index contributed by atoms with van der Waals surface area (Å²) in [7, 11) is -2.99. The average Bonchev–Trinajstić information content (AvgIpc) is 2.70. The van der Waals surface area contributed by atoms with E-state index >= 15 is 0 Å². The molecule has 7 nitrogen and oxygen atoms in total. The summed E-state index contributed by atoms with van der Waals surface area (Å²) >= 11 is 11.2. The van der Waals surface area contributed by atoms with E-state index in [2.05, 4.69) is 10.0 Å². The highest BCUT2D eigenvalue weighted by atomic mass is 35.5. The molecule has 2 N–H and O–H groups in total. The summed E-state index contributed by atoms with van der Waals surface area (Å²) in [5.41, 5.74) is 1.33. The zero-order valence-electron chi connectivity index (χ0n) is 15.6. The summed E-state index contributed by atoms with van der Waals surface area (Å²) in [6, 6.07) is 11.8. The van der Waals surface area contributed by atoms with Gasteiger partial charge in [0.2, 0.25) is 10.0 Å². The summed E-state index contributed by atoms with van der Waals surface area (Å²) in [5.74, 6) is -1.68. The Morgan fingerprint density at radius 3 is 2.10 bits per heavy atom. The topological polar surface area (TPSA) is 102 Å². The summed E-state index contributed by atoms with van der Waals surface area (Å²) in [6.45, 7) is 1.82. The number of carbonyl (C=O) groups is 2. The number of rotatable bonds is 8. The van der Waals surface area contributed by atoms with E-state index in [0.717, 1.165) is 12.7 Å². The number of amides is 1. The maximum atomic E-state index is 12.8. The van der Waals surface area contributed by atoms with E-state index in [4.69, 9.17) is 27.9 Å². The molecule has 0 aliphatic heterocycles. The van der Waals surface area contributed by atoms with Gasteiger partial charge < -0.3 is 10.1 Å². The van der Waals surface area contributed by atoms with Gasteiger partial charge in [0.15, 0.2) is 4.84 Å². The van der Waals surface area contributed by atoms with Crippen molar-refractivity contribution >= 4 is 45.1 Å². The summed E-state index contributed by atoms with van der Waals surface area (Å²) in [5, 5.41) is 2.50. The third-order valence-corrected chi connectivity index (χ3v) is 5.91. The van der Waals surface area contributed by atoms with Crippen LogP contribution in [-0.4, -0.2) is 38.3 Å². The van der Waals surface area contributed by atoms with Crippen molar-refractivity contribution in [1.29, 1.82) is 0 Å². The van der Waals surface area contributed by atoms with E-state index in [0.29, 0.717) is 5.56 Å². The third kappa shape index (κ3) is 6.17. The predicted octanol–water partition coefficient (Wildman–Crippen LogP) is 2.48. The Kier molecular flexibility index (Phi) is 8.04. The summed E-state index contributed by atoms with van der Waals surface area (Å²) in [4.78, 5) is 23.1. The highest BCUT2D eigenvalue weighted by Crippen LogP contribution is 2.22. The van der Waals surface area contributed by atoms with Crippen molar-refractivity contribution < 1.29 is 22.7 Å². The molecule has 0 spiro atoms. The fourth-order valence-corrected chi connectivity index (χ4v) is 3.89. The van der Waals surface area contributed by atoms with Crippen molar-refractivity contribution in [3.8, 4) is 0 Å². The third-order valence-electron chi connectivity index (χ3n) is 4.06. The van der Waals surface area contributed by atoms with Crippen LogP contribution < -0.4 is 10.0 Å². The fourth-order valence-electron chi connectivity index (χ4n) is 2.57. The molecule has 0 heterocycles. The Labute approximate surface area is 179 Å². The largest absolute Gasteiger partial charge is 0.468 e. The number of nitrogens with one attached hydrogen (secondary N) is 2. The van der Waals surface area contributed by atoms with Gasteiger partial charge >= 0.3 is 5.97 Å². The number of aryl methyl sites for hydroxylation is 1. The SMILES string of the molecule is COC(=O)[C@@H](NS(=O)(=O)c1ccc(C)cc1)[C@H](NC(=O)C(Cl)Cl)c1ccccc1. The zero-order chi connectivity index (χ0) is 21.6. The van der Waals surface area contributed by atoms with Gasteiger partial charge in [0, 0.05) is 0 Å². The number of methoxy groups -OCH3 is 1. The van der Waals surface area contributed by atoms with Crippen LogP contribution in [-0.2, 0) is 24.3 Å². The lowest BCUT2D eigenvalue weighted by atomic mass is 10.00. The van der Waals surface area contributed by atoms with E-state index in [-0.39, 0.29) is 4.90 Å². The number of carbonyl (C=O) groups excluding carboxylic acids is 2. The Morgan fingerprint density at radius 2 is 1.59 bits per heavy atom. The second-order valence-corrected chi connectivity index (χ2v) is 8.94. The van der Waals surface area contributed by atoms with Crippen molar-refractivity contribution in [2.75, 3.05) is 7.11 Å². The van der Waals surface area contributed by atoms with Crippen LogP contribution in [0.25, 0.3) is 0 Å². The van der Waals surface area contributed by atoms with Gasteiger partial charge in [-0.15, -0.1) is 0 Å². The number of halogens is 2. The molecule has 0 saturated carbocycles. The lowest BCUT2D eigenvalue weighted by molar-refractivity contribution is -0.143. The van der Waals surface area contributed by atoms with Gasteiger partial charge in [-0.2, -0.15) is 4.72 Å². The minimum atomic E-state index is -4.11. The Balaban J connectivity index is 2.46. The van der Waals surface area contributed by atoms with Crippen molar-refractivity contribution in [3.05, 3.63) is 65.7 Å². The molecule has 0 fully saturated rings.